The first-order chi connectivity index (χ1) is 13.1. The fourth-order valence-electron chi connectivity index (χ4n) is 2.58. The predicted octanol–water partition coefficient (Wildman–Crippen LogP) is 2.12. The van der Waals surface area contributed by atoms with Crippen molar-refractivity contribution in [1.29, 1.82) is 0 Å². The van der Waals surface area contributed by atoms with Gasteiger partial charge in [-0.2, -0.15) is 5.10 Å². The zero-order valence-electron chi connectivity index (χ0n) is 15.4. The summed E-state index contributed by atoms with van der Waals surface area (Å²) in [6.07, 6.45) is 4.99. The molecule has 0 bridgehead atoms. The average molecular weight is 370 g/mol. The van der Waals surface area contributed by atoms with E-state index in [1.165, 1.54) is 6.33 Å². The van der Waals surface area contributed by atoms with Crippen molar-refractivity contribution in [3.8, 4) is 11.5 Å². The highest BCUT2D eigenvalue weighted by molar-refractivity contribution is 5.67. The molecule has 0 radical (unpaired) electrons. The third-order valence-corrected chi connectivity index (χ3v) is 3.97. The molecule has 27 heavy (non-hydrogen) atoms. The summed E-state index contributed by atoms with van der Waals surface area (Å²) in [5, 5.41) is 20.2. The van der Waals surface area contributed by atoms with Crippen LogP contribution in [0.4, 0.5) is 17.3 Å². The highest BCUT2D eigenvalue weighted by Gasteiger charge is 2.13. The van der Waals surface area contributed by atoms with Crippen LogP contribution in [0.15, 0.2) is 43.0 Å². The number of aliphatic hydroxyl groups is 1. The normalized spacial score (nSPS) is 11.7. The van der Waals surface area contributed by atoms with E-state index in [4.69, 9.17) is 9.47 Å². The third-order valence-electron chi connectivity index (χ3n) is 3.97. The Hall–Kier alpha value is -3.33. The van der Waals surface area contributed by atoms with Gasteiger partial charge in [0.25, 0.3) is 0 Å². The summed E-state index contributed by atoms with van der Waals surface area (Å²) in [5.41, 5.74) is 1.61. The largest absolute Gasteiger partial charge is 0.497 e. The van der Waals surface area contributed by atoms with Crippen LogP contribution in [0.25, 0.3) is 0 Å². The van der Waals surface area contributed by atoms with Crippen LogP contribution in [-0.2, 0) is 7.05 Å². The molecule has 9 nitrogen and oxygen atoms in total. The first-order valence-electron chi connectivity index (χ1n) is 8.30. The number of aromatic nitrogens is 4. The van der Waals surface area contributed by atoms with Gasteiger partial charge in [-0.3, -0.25) is 4.68 Å². The monoisotopic (exact) mass is 370 g/mol. The molecule has 2 heterocycles. The molecule has 0 aliphatic rings. The Morgan fingerprint density at radius 3 is 2.63 bits per heavy atom. The summed E-state index contributed by atoms with van der Waals surface area (Å²) in [7, 11) is 5.02. The first-order valence-corrected chi connectivity index (χ1v) is 8.30. The maximum Gasteiger partial charge on any atom is 0.146 e. The summed E-state index contributed by atoms with van der Waals surface area (Å²) >= 11 is 0. The minimum Gasteiger partial charge on any atom is -0.497 e. The van der Waals surface area contributed by atoms with Crippen LogP contribution in [0.2, 0.25) is 0 Å². The number of rotatable bonds is 8. The molecule has 1 atom stereocenters. The molecule has 0 aliphatic carbocycles. The molecule has 0 aliphatic heterocycles. The van der Waals surface area contributed by atoms with Gasteiger partial charge >= 0.3 is 0 Å². The Morgan fingerprint density at radius 2 is 1.96 bits per heavy atom. The van der Waals surface area contributed by atoms with Gasteiger partial charge in [0.1, 0.15) is 29.5 Å². The predicted molar refractivity (Wildman–Crippen MR) is 102 cm³/mol. The van der Waals surface area contributed by atoms with Gasteiger partial charge in [-0.25, -0.2) is 9.97 Å². The zero-order chi connectivity index (χ0) is 19.2. The van der Waals surface area contributed by atoms with Crippen LogP contribution < -0.4 is 20.1 Å². The molecule has 142 valence electrons. The molecule has 9 heteroatoms. The van der Waals surface area contributed by atoms with E-state index < -0.39 is 0 Å². The second kappa shape index (κ2) is 8.37. The Kier molecular flexibility index (Phi) is 5.72. The number of aryl methyl sites for hydroxylation is 1. The maximum atomic E-state index is 9.69. The number of aliphatic hydroxyl groups excluding tert-OH is 1. The highest BCUT2D eigenvalue weighted by Crippen LogP contribution is 2.31. The fraction of sp³-hybridized carbons (Fsp3) is 0.278. The minimum atomic E-state index is -0.322. The van der Waals surface area contributed by atoms with E-state index in [1.807, 2.05) is 25.4 Å². The van der Waals surface area contributed by atoms with E-state index in [2.05, 4.69) is 25.7 Å². The molecular formula is C18H22N6O3. The minimum absolute atomic E-state index is 0.0925. The van der Waals surface area contributed by atoms with Crippen molar-refractivity contribution < 1.29 is 14.6 Å². The molecule has 3 aromatic rings. The molecule has 0 fully saturated rings. The van der Waals surface area contributed by atoms with E-state index in [0.717, 1.165) is 11.3 Å². The first kappa shape index (κ1) is 18.5. The SMILES string of the molecule is COc1ccc(Nc2cc(N[C@@H](CO)c3cnn(C)c3)ncn2)c(OC)c1. The number of ether oxygens (including phenoxy) is 2. The van der Waals surface area contributed by atoms with Crippen LogP contribution in [0.1, 0.15) is 11.6 Å². The smallest absolute Gasteiger partial charge is 0.146 e. The standard InChI is InChI=1S/C18H22N6O3/c1-24-9-12(8-21-24)15(10-25)23-18-7-17(19-11-20-18)22-14-5-4-13(26-2)6-16(14)27-3/h4-9,11,15,25H,10H2,1-3H3,(H2,19,20,22,23)/t15-/m0/s1. The maximum absolute atomic E-state index is 9.69. The Balaban J connectivity index is 1.77. The van der Waals surface area contributed by atoms with Crippen molar-refractivity contribution in [3.05, 3.63) is 48.5 Å². The van der Waals surface area contributed by atoms with Gasteiger partial charge < -0.3 is 25.2 Å². The fourth-order valence-corrected chi connectivity index (χ4v) is 2.58. The molecule has 2 aromatic heterocycles. The lowest BCUT2D eigenvalue weighted by molar-refractivity contribution is 0.276. The number of nitrogens with one attached hydrogen (secondary N) is 2. The van der Waals surface area contributed by atoms with Crippen molar-refractivity contribution in [1.82, 2.24) is 19.7 Å². The van der Waals surface area contributed by atoms with Crippen molar-refractivity contribution in [2.75, 3.05) is 31.5 Å². The van der Waals surface area contributed by atoms with Gasteiger partial charge in [0.15, 0.2) is 0 Å². The molecule has 0 spiro atoms. The Labute approximate surface area is 157 Å². The summed E-state index contributed by atoms with van der Waals surface area (Å²) in [5.74, 6) is 2.48. The van der Waals surface area contributed by atoms with Crippen molar-refractivity contribution in [2.24, 2.45) is 7.05 Å². The van der Waals surface area contributed by atoms with E-state index in [1.54, 1.807) is 37.2 Å². The van der Waals surface area contributed by atoms with Crippen molar-refractivity contribution in [3.63, 3.8) is 0 Å². The van der Waals surface area contributed by atoms with Crippen LogP contribution in [0, 0.1) is 0 Å². The van der Waals surface area contributed by atoms with Crippen LogP contribution in [0.5, 0.6) is 11.5 Å². The second-order valence-corrected chi connectivity index (χ2v) is 5.81. The lowest BCUT2D eigenvalue weighted by atomic mass is 10.2. The second-order valence-electron chi connectivity index (χ2n) is 5.81. The summed E-state index contributed by atoms with van der Waals surface area (Å²) in [6, 6.07) is 6.89. The van der Waals surface area contributed by atoms with Gasteiger partial charge in [-0.1, -0.05) is 0 Å². The summed E-state index contributed by atoms with van der Waals surface area (Å²) < 4.78 is 12.3. The molecule has 3 N–H and O–H groups in total. The quantitative estimate of drug-likeness (QED) is 0.554. The van der Waals surface area contributed by atoms with E-state index in [9.17, 15) is 5.11 Å². The van der Waals surface area contributed by atoms with Gasteiger partial charge in [-0.05, 0) is 12.1 Å². The van der Waals surface area contributed by atoms with E-state index >= 15 is 0 Å². The molecule has 0 saturated heterocycles. The molecule has 1 aromatic carbocycles. The average Bonchev–Trinajstić information content (AvgIpc) is 3.13. The van der Waals surface area contributed by atoms with Crippen LogP contribution in [-0.4, -0.2) is 45.7 Å². The number of methoxy groups -OCH3 is 2. The van der Waals surface area contributed by atoms with E-state index in [-0.39, 0.29) is 12.6 Å². The van der Waals surface area contributed by atoms with Crippen LogP contribution >= 0.6 is 0 Å². The van der Waals surface area contributed by atoms with E-state index in [0.29, 0.717) is 23.1 Å². The lowest BCUT2D eigenvalue weighted by Gasteiger charge is -2.16. The van der Waals surface area contributed by atoms with Gasteiger partial charge in [-0.15, -0.1) is 0 Å². The number of hydrogen-bond donors (Lipinski definition) is 3. The molecular weight excluding hydrogens is 348 g/mol. The highest BCUT2D eigenvalue weighted by atomic mass is 16.5. The lowest BCUT2D eigenvalue weighted by Crippen LogP contribution is -2.15. The number of nitrogens with zero attached hydrogens (tertiary/aromatic N) is 4. The van der Waals surface area contributed by atoms with Crippen molar-refractivity contribution in [2.45, 2.75) is 6.04 Å². The Bertz CT molecular complexity index is 898. The molecule has 0 unspecified atom stereocenters. The van der Waals surface area contributed by atoms with Gasteiger partial charge in [0, 0.05) is 30.9 Å². The number of anilines is 3. The number of benzene rings is 1. The van der Waals surface area contributed by atoms with Gasteiger partial charge in [0.05, 0.1) is 38.8 Å². The van der Waals surface area contributed by atoms with Crippen LogP contribution in [0.3, 0.4) is 0 Å². The van der Waals surface area contributed by atoms with Crippen molar-refractivity contribution >= 4 is 17.3 Å². The molecule has 3 rings (SSSR count). The molecule has 0 amide bonds. The molecule has 0 saturated carbocycles. The summed E-state index contributed by atoms with van der Waals surface area (Å²) in [6.45, 7) is -0.0925. The topological polar surface area (TPSA) is 106 Å². The van der Waals surface area contributed by atoms with Gasteiger partial charge in [0.2, 0.25) is 0 Å². The zero-order valence-corrected chi connectivity index (χ0v) is 15.4. The number of hydrogen-bond acceptors (Lipinski definition) is 8. The Morgan fingerprint density at radius 1 is 1.15 bits per heavy atom. The third kappa shape index (κ3) is 4.45. The summed E-state index contributed by atoms with van der Waals surface area (Å²) in [4.78, 5) is 8.45.